The van der Waals surface area contributed by atoms with Crippen molar-refractivity contribution in [2.75, 3.05) is 12.0 Å². The van der Waals surface area contributed by atoms with E-state index >= 15 is 0 Å². The summed E-state index contributed by atoms with van der Waals surface area (Å²) in [6.45, 7) is 0. The summed E-state index contributed by atoms with van der Waals surface area (Å²) in [5, 5.41) is 0. The Morgan fingerprint density at radius 3 is 2.03 bits per heavy atom. The first-order valence-electron chi connectivity index (χ1n) is 9.75. The second-order valence-corrected chi connectivity index (χ2v) is 7.81. The molecule has 3 aromatic carbocycles. The molecule has 144 valence electrons. The van der Waals surface area contributed by atoms with Crippen LogP contribution in [0.15, 0.2) is 84.9 Å². The maximum atomic E-state index is 13.7. The lowest BCUT2D eigenvalue weighted by atomic mass is 9.79. The molecule has 0 aromatic heterocycles. The fraction of sp³-hybridized carbons (Fsp3) is 0.200. The second kappa shape index (κ2) is 6.31. The third kappa shape index (κ3) is 2.38. The van der Waals surface area contributed by atoms with Gasteiger partial charge in [0.2, 0.25) is 11.8 Å². The van der Waals surface area contributed by atoms with Crippen LogP contribution in [0.4, 0.5) is 5.69 Å². The van der Waals surface area contributed by atoms with E-state index in [9.17, 15) is 9.59 Å². The lowest BCUT2D eigenvalue weighted by Gasteiger charge is -2.23. The maximum Gasteiger partial charge on any atom is 0.241 e. The number of rotatable bonds is 4. The number of anilines is 1. The Bertz CT molecular complexity index is 1050. The van der Waals surface area contributed by atoms with Crippen LogP contribution in [0.5, 0.6) is 5.75 Å². The van der Waals surface area contributed by atoms with Crippen molar-refractivity contribution in [1.82, 2.24) is 0 Å². The Morgan fingerprint density at radius 2 is 1.45 bits per heavy atom. The zero-order valence-corrected chi connectivity index (χ0v) is 16.2. The van der Waals surface area contributed by atoms with E-state index in [1.807, 2.05) is 36.4 Å². The molecule has 2 aliphatic rings. The Labute approximate surface area is 169 Å². The molecule has 0 N–H and O–H groups in total. The highest BCUT2D eigenvalue weighted by Crippen LogP contribution is 2.72. The van der Waals surface area contributed by atoms with Gasteiger partial charge in [0.1, 0.15) is 5.75 Å². The fourth-order valence-corrected chi connectivity index (χ4v) is 5.00. The second-order valence-electron chi connectivity index (χ2n) is 7.81. The van der Waals surface area contributed by atoms with E-state index in [2.05, 4.69) is 24.3 Å². The summed E-state index contributed by atoms with van der Waals surface area (Å²) >= 11 is 0. The van der Waals surface area contributed by atoms with Crippen LogP contribution in [-0.2, 0) is 15.0 Å². The van der Waals surface area contributed by atoms with Gasteiger partial charge in [-0.3, -0.25) is 9.59 Å². The fourth-order valence-electron chi connectivity index (χ4n) is 5.00. The van der Waals surface area contributed by atoms with Gasteiger partial charge in [0, 0.05) is 17.9 Å². The molecule has 1 atom stereocenters. The molecule has 2 fully saturated rings. The molecule has 1 heterocycles. The number of imide groups is 1. The van der Waals surface area contributed by atoms with Gasteiger partial charge < -0.3 is 4.74 Å². The summed E-state index contributed by atoms with van der Waals surface area (Å²) in [4.78, 5) is 28.1. The minimum absolute atomic E-state index is 0.122. The molecule has 29 heavy (non-hydrogen) atoms. The first-order valence-corrected chi connectivity index (χ1v) is 9.75. The van der Waals surface area contributed by atoms with Gasteiger partial charge in [-0.05, 0) is 29.7 Å². The van der Waals surface area contributed by atoms with E-state index < -0.39 is 10.8 Å². The molecule has 1 unspecified atom stereocenters. The van der Waals surface area contributed by atoms with Crippen molar-refractivity contribution in [3.05, 3.63) is 96.1 Å². The minimum atomic E-state index is -0.740. The quantitative estimate of drug-likeness (QED) is 0.630. The minimum Gasteiger partial charge on any atom is -0.497 e. The Balaban J connectivity index is 1.62. The smallest absolute Gasteiger partial charge is 0.241 e. The van der Waals surface area contributed by atoms with Crippen molar-refractivity contribution >= 4 is 17.5 Å². The summed E-state index contributed by atoms with van der Waals surface area (Å²) < 4.78 is 5.28. The van der Waals surface area contributed by atoms with Gasteiger partial charge in [0.05, 0.1) is 18.2 Å². The Kier molecular flexibility index (Phi) is 3.85. The Hall–Kier alpha value is -3.40. The van der Waals surface area contributed by atoms with Crippen LogP contribution >= 0.6 is 0 Å². The van der Waals surface area contributed by atoms with Crippen LogP contribution in [0.25, 0.3) is 0 Å². The molecule has 1 saturated heterocycles. The van der Waals surface area contributed by atoms with Crippen molar-refractivity contribution < 1.29 is 14.3 Å². The number of carbonyl (C=O) groups excluding carboxylic acids is 2. The van der Waals surface area contributed by atoms with Crippen LogP contribution in [0, 0.1) is 5.41 Å². The van der Waals surface area contributed by atoms with Gasteiger partial charge in [-0.2, -0.15) is 0 Å². The number of hydrogen-bond donors (Lipinski definition) is 0. The molecule has 1 spiro atoms. The number of hydrogen-bond acceptors (Lipinski definition) is 3. The monoisotopic (exact) mass is 383 g/mol. The standard InChI is InChI=1S/C25H21NO3/c1-29-21-14-8-13-20(15-21)26-22(27)16-24(23(26)28)17-25(24,18-9-4-2-5-10-18)19-11-6-3-7-12-19/h2-15H,16-17H2,1H3. The van der Waals surface area contributed by atoms with E-state index in [1.54, 1.807) is 31.4 Å². The summed E-state index contributed by atoms with van der Waals surface area (Å²) in [6.07, 6.45) is 0.853. The zero-order chi connectivity index (χ0) is 20.1. The summed E-state index contributed by atoms with van der Waals surface area (Å²) in [5.41, 5.74) is 1.52. The molecule has 5 rings (SSSR count). The van der Waals surface area contributed by atoms with Gasteiger partial charge in [-0.25, -0.2) is 4.90 Å². The molecule has 4 nitrogen and oxygen atoms in total. The SMILES string of the molecule is COc1cccc(N2C(=O)CC3(CC3(c3ccccc3)c3ccccc3)C2=O)c1. The number of benzene rings is 3. The lowest BCUT2D eigenvalue weighted by molar-refractivity contribution is -0.123. The maximum absolute atomic E-state index is 13.7. The van der Waals surface area contributed by atoms with Crippen LogP contribution in [0.1, 0.15) is 24.0 Å². The van der Waals surface area contributed by atoms with Crippen LogP contribution < -0.4 is 9.64 Å². The third-order valence-corrected chi connectivity index (χ3v) is 6.42. The van der Waals surface area contributed by atoms with Crippen LogP contribution in [0.2, 0.25) is 0 Å². The molecule has 3 aromatic rings. The highest BCUT2D eigenvalue weighted by molar-refractivity contribution is 6.25. The van der Waals surface area contributed by atoms with Gasteiger partial charge in [0.15, 0.2) is 0 Å². The molecule has 0 bridgehead atoms. The summed E-state index contributed by atoms with van der Waals surface area (Å²) in [5.74, 6) is 0.345. The van der Waals surface area contributed by atoms with E-state index in [0.717, 1.165) is 11.1 Å². The number of nitrogens with zero attached hydrogens (tertiary/aromatic N) is 1. The molecule has 1 saturated carbocycles. The molecule has 2 amide bonds. The predicted molar refractivity (Wildman–Crippen MR) is 111 cm³/mol. The third-order valence-electron chi connectivity index (χ3n) is 6.42. The number of methoxy groups -OCH3 is 1. The van der Waals surface area contributed by atoms with E-state index in [0.29, 0.717) is 17.9 Å². The van der Waals surface area contributed by atoms with E-state index in [-0.39, 0.29) is 18.2 Å². The highest BCUT2D eigenvalue weighted by Gasteiger charge is 2.77. The number of amides is 2. The average Bonchev–Trinajstić information content (AvgIpc) is 3.38. The van der Waals surface area contributed by atoms with Crippen LogP contribution in [0.3, 0.4) is 0 Å². The first kappa shape index (κ1) is 17.7. The van der Waals surface area contributed by atoms with Gasteiger partial charge in [-0.1, -0.05) is 66.7 Å². The molecular weight excluding hydrogens is 362 g/mol. The van der Waals surface area contributed by atoms with Gasteiger partial charge in [0.25, 0.3) is 0 Å². The first-order chi connectivity index (χ1) is 14.1. The molecule has 1 aliphatic carbocycles. The summed E-state index contributed by atoms with van der Waals surface area (Å²) in [6, 6.07) is 27.3. The Morgan fingerprint density at radius 1 is 0.828 bits per heavy atom. The molecule has 1 aliphatic heterocycles. The van der Waals surface area contributed by atoms with Crippen molar-refractivity contribution in [2.45, 2.75) is 18.3 Å². The van der Waals surface area contributed by atoms with Crippen molar-refractivity contribution in [3.63, 3.8) is 0 Å². The topological polar surface area (TPSA) is 46.6 Å². The average molecular weight is 383 g/mol. The van der Waals surface area contributed by atoms with Crippen molar-refractivity contribution in [1.29, 1.82) is 0 Å². The van der Waals surface area contributed by atoms with E-state index in [1.165, 1.54) is 4.90 Å². The molecule has 4 heteroatoms. The van der Waals surface area contributed by atoms with Crippen molar-refractivity contribution in [3.8, 4) is 5.75 Å². The zero-order valence-electron chi connectivity index (χ0n) is 16.2. The molecular formula is C25H21NO3. The van der Waals surface area contributed by atoms with Crippen LogP contribution in [-0.4, -0.2) is 18.9 Å². The predicted octanol–water partition coefficient (Wildman–Crippen LogP) is 4.33. The molecule has 0 radical (unpaired) electrons. The lowest BCUT2D eigenvalue weighted by Crippen LogP contribution is -2.33. The van der Waals surface area contributed by atoms with Gasteiger partial charge >= 0.3 is 0 Å². The van der Waals surface area contributed by atoms with Gasteiger partial charge in [-0.15, -0.1) is 0 Å². The van der Waals surface area contributed by atoms with Crippen molar-refractivity contribution in [2.24, 2.45) is 5.41 Å². The van der Waals surface area contributed by atoms with E-state index in [4.69, 9.17) is 4.74 Å². The number of carbonyl (C=O) groups is 2. The number of ether oxygens (including phenoxy) is 1. The summed E-state index contributed by atoms with van der Waals surface area (Å²) in [7, 11) is 1.57. The largest absolute Gasteiger partial charge is 0.497 e. The highest BCUT2D eigenvalue weighted by atomic mass is 16.5. The normalized spacial score (nSPS) is 22.2.